The number of benzene rings is 2. The van der Waals surface area contributed by atoms with Gasteiger partial charge >= 0.3 is 6.18 Å². The number of anilines is 1. The Morgan fingerprint density at radius 2 is 1.84 bits per heavy atom. The average Bonchev–Trinajstić information content (AvgIpc) is 2.79. The SMILES string of the molecule is CCCCNC(=O)[C@@H](C)N(Cc1cccc(Br)c1)C(=O)CN(c1ccc(Cl)c(C(F)(F)F)c1)S(C)(=O)=O. The van der Waals surface area contributed by atoms with Crippen molar-refractivity contribution in [3.8, 4) is 0 Å². The summed E-state index contributed by atoms with van der Waals surface area (Å²) >= 11 is 9.03. The van der Waals surface area contributed by atoms with Gasteiger partial charge in [0.25, 0.3) is 0 Å². The molecule has 0 bridgehead atoms. The van der Waals surface area contributed by atoms with Gasteiger partial charge in [-0.3, -0.25) is 13.9 Å². The monoisotopic (exact) mass is 625 g/mol. The van der Waals surface area contributed by atoms with Crippen molar-refractivity contribution in [3.05, 3.63) is 63.1 Å². The summed E-state index contributed by atoms with van der Waals surface area (Å²) in [5.74, 6) is -1.21. The Balaban J connectivity index is 2.44. The highest BCUT2D eigenvalue weighted by atomic mass is 79.9. The van der Waals surface area contributed by atoms with E-state index in [2.05, 4.69) is 21.2 Å². The van der Waals surface area contributed by atoms with Gasteiger partial charge in [0.15, 0.2) is 0 Å². The van der Waals surface area contributed by atoms with Gasteiger partial charge in [-0.05, 0) is 49.2 Å². The zero-order chi connectivity index (χ0) is 28.0. The Morgan fingerprint density at radius 1 is 1.16 bits per heavy atom. The number of halogens is 5. The maximum atomic E-state index is 13.5. The fourth-order valence-corrected chi connectivity index (χ4v) is 4.96. The van der Waals surface area contributed by atoms with Crippen LogP contribution in [0.25, 0.3) is 0 Å². The van der Waals surface area contributed by atoms with Gasteiger partial charge in [-0.15, -0.1) is 0 Å². The molecular formula is C24H28BrClF3N3O4S. The molecule has 37 heavy (non-hydrogen) atoms. The summed E-state index contributed by atoms with van der Waals surface area (Å²) in [7, 11) is -4.20. The number of carbonyl (C=O) groups is 2. The minimum Gasteiger partial charge on any atom is -0.354 e. The van der Waals surface area contributed by atoms with E-state index in [4.69, 9.17) is 11.6 Å². The fraction of sp³-hybridized carbons (Fsp3) is 0.417. The van der Waals surface area contributed by atoms with Crippen molar-refractivity contribution < 1.29 is 31.2 Å². The van der Waals surface area contributed by atoms with E-state index in [0.29, 0.717) is 22.5 Å². The molecule has 0 fully saturated rings. The quantitative estimate of drug-likeness (QED) is 0.347. The van der Waals surface area contributed by atoms with Gasteiger partial charge in [0.2, 0.25) is 21.8 Å². The summed E-state index contributed by atoms with van der Waals surface area (Å²) in [5.41, 5.74) is -0.954. The minimum atomic E-state index is -4.84. The van der Waals surface area contributed by atoms with E-state index in [1.165, 1.54) is 11.8 Å². The molecule has 0 aliphatic rings. The van der Waals surface area contributed by atoms with Crippen LogP contribution in [0.4, 0.5) is 18.9 Å². The maximum Gasteiger partial charge on any atom is 0.417 e. The van der Waals surface area contributed by atoms with Gasteiger partial charge in [0.1, 0.15) is 12.6 Å². The molecule has 0 unspecified atom stereocenters. The lowest BCUT2D eigenvalue weighted by atomic mass is 10.1. The Labute approximate surface area is 228 Å². The number of hydrogen-bond donors (Lipinski definition) is 1. The first-order chi connectivity index (χ1) is 17.1. The number of alkyl halides is 3. The van der Waals surface area contributed by atoms with E-state index in [1.54, 1.807) is 24.3 Å². The topological polar surface area (TPSA) is 86.8 Å². The van der Waals surface area contributed by atoms with Crippen molar-refractivity contribution in [1.82, 2.24) is 10.2 Å². The number of unbranched alkanes of at least 4 members (excludes halogenated alkanes) is 1. The molecule has 0 saturated carbocycles. The summed E-state index contributed by atoms with van der Waals surface area (Å²) in [4.78, 5) is 27.4. The van der Waals surface area contributed by atoms with Crippen LogP contribution in [0, 0.1) is 0 Å². The van der Waals surface area contributed by atoms with E-state index in [9.17, 15) is 31.2 Å². The van der Waals surface area contributed by atoms with Crippen molar-refractivity contribution >= 4 is 55.1 Å². The molecule has 0 aliphatic carbocycles. The van der Waals surface area contributed by atoms with E-state index >= 15 is 0 Å². The zero-order valence-corrected chi connectivity index (χ0v) is 23.6. The Kier molecular flexibility index (Phi) is 10.8. The van der Waals surface area contributed by atoms with Gasteiger partial charge in [-0.1, -0.05) is 53.0 Å². The molecule has 0 spiro atoms. The molecule has 1 N–H and O–H groups in total. The lowest BCUT2D eigenvalue weighted by molar-refractivity contribution is -0.139. The molecule has 0 radical (unpaired) electrons. The largest absolute Gasteiger partial charge is 0.417 e. The number of nitrogens with zero attached hydrogens (tertiary/aromatic N) is 2. The number of hydrogen-bond acceptors (Lipinski definition) is 4. The van der Waals surface area contributed by atoms with Crippen LogP contribution in [0.15, 0.2) is 46.9 Å². The molecule has 2 aromatic carbocycles. The normalized spacial score (nSPS) is 12.6. The zero-order valence-electron chi connectivity index (χ0n) is 20.5. The fourth-order valence-electron chi connectivity index (χ4n) is 3.45. The van der Waals surface area contributed by atoms with Crippen molar-refractivity contribution in [3.63, 3.8) is 0 Å². The van der Waals surface area contributed by atoms with Gasteiger partial charge in [-0.25, -0.2) is 8.42 Å². The molecule has 0 saturated heterocycles. The van der Waals surface area contributed by atoms with Gasteiger partial charge in [0, 0.05) is 17.6 Å². The molecule has 204 valence electrons. The molecular weight excluding hydrogens is 599 g/mol. The number of sulfonamides is 1. The van der Waals surface area contributed by atoms with E-state index in [1.807, 2.05) is 6.92 Å². The summed E-state index contributed by atoms with van der Waals surface area (Å²) in [6.45, 7) is 3.01. The van der Waals surface area contributed by atoms with Crippen LogP contribution in [0.5, 0.6) is 0 Å². The molecule has 0 heterocycles. The third-order valence-corrected chi connectivity index (χ3v) is 7.42. The van der Waals surface area contributed by atoms with Crippen LogP contribution >= 0.6 is 27.5 Å². The van der Waals surface area contributed by atoms with Gasteiger partial charge in [0.05, 0.1) is 22.5 Å². The summed E-state index contributed by atoms with van der Waals surface area (Å²) in [6.07, 6.45) is -2.47. The molecule has 0 aromatic heterocycles. The predicted octanol–water partition coefficient (Wildman–Crippen LogP) is 5.22. The average molecular weight is 627 g/mol. The third kappa shape index (κ3) is 8.89. The minimum absolute atomic E-state index is 0.0351. The van der Waals surface area contributed by atoms with E-state index < -0.39 is 51.2 Å². The highest BCUT2D eigenvalue weighted by Gasteiger charge is 2.35. The number of amides is 2. The van der Waals surface area contributed by atoms with E-state index in [0.717, 1.165) is 35.7 Å². The maximum absolute atomic E-state index is 13.5. The summed E-state index contributed by atoms with van der Waals surface area (Å²) in [5, 5.41) is 2.14. The van der Waals surface area contributed by atoms with Crippen molar-refractivity contribution in [2.75, 3.05) is 23.7 Å². The third-order valence-electron chi connectivity index (χ3n) is 5.46. The smallest absolute Gasteiger partial charge is 0.354 e. The van der Waals surface area contributed by atoms with Crippen LogP contribution in [-0.2, 0) is 32.3 Å². The lowest BCUT2D eigenvalue weighted by Crippen LogP contribution is -2.51. The van der Waals surface area contributed by atoms with Gasteiger partial charge < -0.3 is 10.2 Å². The Hall–Kier alpha value is -2.31. The number of rotatable bonds is 11. The van der Waals surface area contributed by atoms with Gasteiger partial charge in [-0.2, -0.15) is 13.2 Å². The second-order valence-electron chi connectivity index (χ2n) is 8.40. The molecule has 2 rings (SSSR count). The Morgan fingerprint density at radius 3 is 2.41 bits per heavy atom. The highest BCUT2D eigenvalue weighted by Crippen LogP contribution is 2.37. The highest BCUT2D eigenvalue weighted by molar-refractivity contribution is 9.10. The van der Waals surface area contributed by atoms with Crippen molar-refractivity contribution in [2.24, 2.45) is 0 Å². The van der Waals surface area contributed by atoms with E-state index in [-0.39, 0.29) is 12.2 Å². The Bertz CT molecular complexity index is 1230. The summed E-state index contributed by atoms with van der Waals surface area (Å²) < 4.78 is 66.6. The second-order valence-corrected chi connectivity index (χ2v) is 11.6. The molecule has 7 nitrogen and oxygen atoms in total. The molecule has 1 atom stereocenters. The van der Waals surface area contributed by atoms with Crippen molar-refractivity contribution in [2.45, 2.75) is 45.5 Å². The number of carbonyl (C=O) groups excluding carboxylic acids is 2. The van der Waals surface area contributed by atoms with Crippen LogP contribution in [-0.4, -0.2) is 50.5 Å². The molecule has 2 aromatic rings. The van der Waals surface area contributed by atoms with Crippen LogP contribution < -0.4 is 9.62 Å². The second kappa shape index (κ2) is 13.0. The van der Waals surface area contributed by atoms with Crippen LogP contribution in [0.2, 0.25) is 5.02 Å². The molecule has 2 amide bonds. The first-order valence-corrected chi connectivity index (χ1v) is 14.3. The first-order valence-electron chi connectivity index (χ1n) is 11.3. The predicted molar refractivity (Wildman–Crippen MR) is 141 cm³/mol. The summed E-state index contributed by atoms with van der Waals surface area (Å²) in [6, 6.07) is 8.60. The number of nitrogens with one attached hydrogen (secondary N) is 1. The van der Waals surface area contributed by atoms with Crippen LogP contribution in [0.3, 0.4) is 0 Å². The lowest BCUT2D eigenvalue weighted by Gasteiger charge is -2.31. The molecule has 0 aliphatic heterocycles. The molecule has 13 heteroatoms. The first kappa shape index (κ1) is 30.9. The van der Waals surface area contributed by atoms with Crippen LogP contribution in [0.1, 0.15) is 37.8 Å². The standard InChI is InChI=1S/C24H28BrClF3N3O4S/c1-4-5-11-30-23(34)16(2)31(14-17-7-6-8-18(25)12-17)22(33)15-32(37(3,35)36)19-9-10-21(26)20(13-19)24(27,28)29/h6-10,12-13,16H,4-5,11,14-15H2,1-3H3,(H,30,34)/t16-/m1/s1. The van der Waals surface area contributed by atoms with Crippen molar-refractivity contribution in [1.29, 1.82) is 0 Å².